The monoisotopic (exact) mass is 211 g/mol. The lowest BCUT2D eigenvalue weighted by Crippen LogP contribution is -2.19. The summed E-state index contributed by atoms with van der Waals surface area (Å²) >= 11 is 0. The summed E-state index contributed by atoms with van der Waals surface area (Å²) in [7, 11) is 0. The average molecular weight is 212 g/mol. The van der Waals surface area contributed by atoms with Crippen molar-refractivity contribution in [1.29, 1.82) is 0 Å². The number of benzene rings is 1. The second kappa shape index (κ2) is 5.38. The van der Waals surface area contributed by atoms with Crippen molar-refractivity contribution in [3.63, 3.8) is 0 Å². The van der Waals surface area contributed by atoms with Gasteiger partial charge in [0.05, 0.1) is 0 Å². The predicted octanol–water partition coefficient (Wildman–Crippen LogP) is 3.10. The van der Waals surface area contributed by atoms with Crippen molar-refractivity contribution in [2.75, 3.05) is 6.54 Å². The highest BCUT2D eigenvalue weighted by molar-refractivity contribution is 5.85. The van der Waals surface area contributed by atoms with Crippen LogP contribution < -0.4 is 5.32 Å². The number of halogens is 1. The SMILES string of the molecule is CCCN[C@@H]1CCc2ccccc21.Cl. The van der Waals surface area contributed by atoms with Gasteiger partial charge in [0.15, 0.2) is 0 Å². The molecule has 2 heteroatoms. The molecule has 0 aromatic heterocycles. The molecule has 1 aliphatic rings. The molecule has 1 nitrogen and oxygen atoms in total. The van der Waals surface area contributed by atoms with E-state index >= 15 is 0 Å². The van der Waals surface area contributed by atoms with E-state index < -0.39 is 0 Å². The Morgan fingerprint density at radius 1 is 1.36 bits per heavy atom. The second-order valence-electron chi connectivity index (χ2n) is 3.74. The van der Waals surface area contributed by atoms with Gasteiger partial charge in [0.2, 0.25) is 0 Å². The third-order valence-corrected chi connectivity index (χ3v) is 2.77. The molecule has 1 atom stereocenters. The zero-order valence-electron chi connectivity index (χ0n) is 8.62. The predicted molar refractivity (Wildman–Crippen MR) is 63.0 cm³/mol. The Morgan fingerprint density at radius 3 is 2.93 bits per heavy atom. The van der Waals surface area contributed by atoms with Crippen LogP contribution in [0, 0.1) is 0 Å². The van der Waals surface area contributed by atoms with Crippen LogP contribution in [-0.4, -0.2) is 6.54 Å². The molecule has 1 aliphatic carbocycles. The first-order valence-electron chi connectivity index (χ1n) is 5.23. The number of rotatable bonds is 3. The molecule has 0 spiro atoms. The lowest BCUT2D eigenvalue weighted by molar-refractivity contribution is 0.529. The summed E-state index contributed by atoms with van der Waals surface area (Å²) in [6.07, 6.45) is 3.75. The molecule has 0 amide bonds. The van der Waals surface area contributed by atoms with Crippen molar-refractivity contribution in [3.8, 4) is 0 Å². The quantitative estimate of drug-likeness (QED) is 0.811. The summed E-state index contributed by atoms with van der Waals surface area (Å²) in [4.78, 5) is 0. The van der Waals surface area contributed by atoms with Gasteiger partial charge >= 0.3 is 0 Å². The van der Waals surface area contributed by atoms with Crippen LogP contribution in [-0.2, 0) is 6.42 Å². The van der Waals surface area contributed by atoms with Crippen LogP contribution in [0.25, 0.3) is 0 Å². The fourth-order valence-electron chi connectivity index (χ4n) is 2.09. The first-order chi connectivity index (χ1) is 6.42. The van der Waals surface area contributed by atoms with E-state index in [2.05, 4.69) is 36.5 Å². The Balaban J connectivity index is 0.000000980. The lowest BCUT2D eigenvalue weighted by Gasteiger charge is -2.12. The molecule has 0 fully saturated rings. The maximum atomic E-state index is 3.59. The van der Waals surface area contributed by atoms with Crippen LogP contribution in [0.15, 0.2) is 24.3 Å². The van der Waals surface area contributed by atoms with E-state index in [1.54, 1.807) is 0 Å². The fourth-order valence-corrected chi connectivity index (χ4v) is 2.09. The number of hydrogen-bond acceptors (Lipinski definition) is 1. The third-order valence-electron chi connectivity index (χ3n) is 2.77. The largest absolute Gasteiger partial charge is 0.310 e. The van der Waals surface area contributed by atoms with E-state index in [9.17, 15) is 0 Å². The maximum absolute atomic E-state index is 3.59. The summed E-state index contributed by atoms with van der Waals surface area (Å²) < 4.78 is 0. The summed E-state index contributed by atoms with van der Waals surface area (Å²) in [5.74, 6) is 0. The molecule has 1 aromatic rings. The topological polar surface area (TPSA) is 12.0 Å². The molecule has 78 valence electrons. The maximum Gasteiger partial charge on any atom is 0.0326 e. The molecular weight excluding hydrogens is 194 g/mol. The van der Waals surface area contributed by atoms with Gasteiger partial charge in [-0.2, -0.15) is 0 Å². The Hall–Kier alpha value is -0.530. The minimum Gasteiger partial charge on any atom is -0.310 e. The lowest BCUT2D eigenvalue weighted by atomic mass is 10.1. The van der Waals surface area contributed by atoms with E-state index in [1.807, 2.05) is 0 Å². The number of aryl methyl sites for hydroxylation is 1. The zero-order chi connectivity index (χ0) is 9.10. The first kappa shape index (κ1) is 11.5. The summed E-state index contributed by atoms with van der Waals surface area (Å²) in [5.41, 5.74) is 3.06. The molecule has 0 saturated carbocycles. The van der Waals surface area contributed by atoms with E-state index in [-0.39, 0.29) is 12.4 Å². The number of hydrogen-bond donors (Lipinski definition) is 1. The van der Waals surface area contributed by atoms with Gasteiger partial charge in [-0.25, -0.2) is 0 Å². The molecule has 0 aliphatic heterocycles. The van der Waals surface area contributed by atoms with Crippen LogP contribution in [0.2, 0.25) is 0 Å². The van der Waals surface area contributed by atoms with Gasteiger partial charge in [0, 0.05) is 6.04 Å². The zero-order valence-corrected chi connectivity index (χ0v) is 9.44. The Bertz CT molecular complexity index is 285. The summed E-state index contributed by atoms with van der Waals surface area (Å²) in [6.45, 7) is 3.35. The van der Waals surface area contributed by atoms with Gasteiger partial charge < -0.3 is 5.32 Å². The first-order valence-corrected chi connectivity index (χ1v) is 5.23. The Labute approximate surface area is 92.3 Å². The van der Waals surface area contributed by atoms with Crippen molar-refractivity contribution >= 4 is 12.4 Å². The number of fused-ring (bicyclic) bond motifs is 1. The highest BCUT2D eigenvalue weighted by Crippen LogP contribution is 2.30. The molecule has 0 radical (unpaired) electrons. The molecule has 14 heavy (non-hydrogen) atoms. The van der Waals surface area contributed by atoms with Gasteiger partial charge in [0.1, 0.15) is 0 Å². The van der Waals surface area contributed by atoms with Crippen molar-refractivity contribution in [3.05, 3.63) is 35.4 Å². The Morgan fingerprint density at radius 2 is 2.14 bits per heavy atom. The Kier molecular flexibility index (Phi) is 4.43. The fraction of sp³-hybridized carbons (Fsp3) is 0.500. The normalized spacial score (nSPS) is 18.8. The van der Waals surface area contributed by atoms with Crippen molar-refractivity contribution in [2.24, 2.45) is 0 Å². The second-order valence-corrected chi connectivity index (χ2v) is 3.74. The minimum atomic E-state index is 0. The summed E-state index contributed by atoms with van der Waals surface area (Å²) in [6, 6.07) is 9.42. The molecule has 1 aromatic carbocycles. The smallest absolute Gasteiger partial charge is 0.0326 e. The van der Waals surface area contributed by atoms with Gasteiger partial charge in [0.25, 0.3) is 0 Å². The minimum absolute atomic E-state index is 0. The van der Waals surface area contributed by atoms with Gasteiger partial charge in [-0.15, -0.1) is 12.4 Å². The van der Waals surface area contributed by atoms with Crippen LogP contribution in [0.4, 0.5) is 0 Å². The molecule has 2 rings (SSSR count). The highest BCUT2D eigenvalue weighted by atomic mass is 35.5. The van der Waals surface area contributed by atoms with Crippen LogP contribution in [0.1, 0.15) is 36.9 Å². The van der Waals surface area contributed by atoms with Gasteiger partial charge in [-0.05, 0) is 36.9 Å². The number of nitrogens with one attached hydrogen (secondary N) is 1. The molecule has 0 heterocycles. The van der Waals surface area contributed by atoms with E-state index in [1.165, 1.54) is 30.4 Å². The highest BCUT2D eigenvalue weighted by Gasteiger charge is 2.20. The molecule has 1 N–H and O–H groups in total. The van der Waals surface area contributed by atoms with Crippen molar-refractivity contribution in [2.45, 2.75) is 32.2 Å². The average Bonchev–Trinajstić information content (AvgIpc) is 2.58. The summed E-state index contributed by atoms with van der Waals surface area (Å²) in [5, 5.41) is 3.59. The van der Waals surface area contributed by atoms with Crippen LogP contribution in [0.3, 0.4) is 0 Å². The van der Waals surface area contributed by atoms with E-state index in [4.69, 9.17) is 0 Å². The third kappa shape index (κ3) is 2.28. The van der Waals surface area contributed by atoms with Gasteiger partial charge in [-0.3, -0.25) is 0 Å². The molecule has 0 saturated heterocycles. The van der Waals surface area contributed by atoms with Crippen molar-refractivity contribution < 1.29 is 0 Å². The van der Waals surface area contributed by atoms with Crippen molar-refractivity contribution in [1.82, 2.24) is 5.32 Å². The standard InChI is InChI=1S/C12H17N.ClH/c1-2-9-13-12-8-7-10-5-3-4-6-11(10)12;/h3-6,12-13H,2,7-9H2,1H3;1H/t12-;/m1./s1. The van der Waals surface area contributed by atoms with Crippen LogP contribution in [0.5, 0.6) is 0 Å². The van der Waals surface area contributed by atoms with E-state index in [0.29, 0.717) is 6.04 Å². The van der Waals surface area contributed by atoms with Crippen LogP contribution >= 0.6 is 12.4 Å². The van der Waals surface area contributed by atoms with Gasteiger partial charge in [-0.1, -0.05) is 31.2 Å². The molecular formula is C12H18ClN. The molecule has 0 unspecified atom stereocenters. The molecule has 0 bridgehead atoms. The van der Waals surface area contributed by atoms with E-state index in [0.717, 1.165) is 6.54 Å².